The number of hydrogen-bond donors (Lipinski definition) is 2. The molecule has 0 bridgehead atoms. The molecular weight excluding hydrogens is 294 g/mol. The number of aliphatic hydroxyl groups excluding tert-OH is 1. The average molecular weight is 319 g/mol. The highest BCUT2D eigenvalue weighted by atomic mass is 16.5. The Morgan fingerprint density at radius 2 is 2.00 bits per heavy atom. The van der Waals surface area contributed by atoms with E-state index in [1.807, 2.05) is 30.3 Å². The normalized spacial score (nSPS) is 24.0. The van der Waals surface area contributed by atoms with Crippen LogP contribution >= 0.6 is 0 Å². The molecule has 1 aromatic carbocycles. The first kappa shape index (κ1) is 17.5. The van der Waals surface area contributed by atoms with Crippen molar-refractivity contribution in [3.8, 4) is 0 Å². The predicted octanol–water partition coefficient (Wildman–Crippen LogP) is 2.18. The van der Waals surface area contributed by atoms with Crippen LogP contribution in [0.2, 0.25) is 0 Å². The second-order valence-electron chi connectivity index (χ2n) is 6.24. The number of hydrogen-bond acceptors (Lipinski definition) is 4. The molecule has 0 aromatic heterocycles. The largest absolute Gasteiger partial charge is 0.461 e. The Hall–Kier alpha value is -1.88. The Labute approximate surface area is 137 Å². The first-order valence-corrected chi connectivity index (χ1v) is 8.19. The van der Waals surface area contributed by atoms with Crippen LogP contribution in [0.15, 0.2) is 30.3 Å². The number of nitrogens with one attached hydrogen (secondary N) is 1. The molecule has 0 heterocycles. The monoisotopic (exact) mass is 319 g/mol. The lowest BCUT2D eigenvalue weighted by Gasteiger charge is -2.33. The van der Waals surface area contributed by atoms with E-state index in [0.717, 1.165) is 18.4 Å². The summed E-state index contributed by atoms with van der Waals surface area (Å²) < 4.78 is 5.27. The Morgan fingerprint density at radius 3 is 2.70 bits per heavy atom. The zero-order valence-corrected chi connectivity index (χ0v) is 13.5. The summed E-state index contributed by atoms with van der Waals surface area (Å²) in [5.74, 6) is 0.00699. The maximum Gasteiger partial charge on any atom is 0.306 e. The lowest BCUT2D eigenvalue weighted by Crippen LogP contribution is -2.46. The first-order chi connectivity index (χ1) is 11.0. The fourth-order valence-corrected chi connectivity index (χ4v) is 3.05. The van der Waals surface area contributed by atoms with Gasteiger partial charge in [0, 0.05) is 13.3 Å². The molecule has 5 nitrogen and oxygen atoms in total. The molecule has 1 fully saturated rings. The Kier molecular flexibility index (Phi) is 6.59. The third kappa shape index (κ3) is 6.02. The lowest BCUT2D eigenvalue weighted by molar-refractivity contribution is -0.145. The van der Waals surface area contributed by atoms with Gasteiger partial charge in [0.1, 0.15) is 6.61 Å². The van der Waals surface area contributed by atoms with Gasteiger partial charge in [-0.2, -0.15) is 0 Å². The Balaban J connectivity index is 1.70. The van der Waals surface area contributed by atoms with Crippen molar-refractivity contribution < 1.29 is 19.4 Å². The van der Waals surface area contributed by atoms with E-state index in [2.05, 4.69) is 5.32 Å². The second kappa shape index (κ2) is 8.67. The van der Waals surface area contributed by atoms with Gasteiger partial charge in [0.2, 0.25) is 5.91 Å². The fraction of sp³-hybridized carbons (Fsp3) is 0.556. The van der Waals surface area contributed by atoms with Crippen molar-refractivity contribution in [2.45, 2.75) is 57.8 Å². The summed E-state index contributed by atoms with van der Waals surface area (Å²) in [5.41, 5.74) is 0.979. The summed E-state index contributed by atoms with van der Waals surface area (Å²) in [6.07, 6.45) is 2.88. The van der Waals surface area contributed by atoms with Gasteiger partial charge in [-0.1, -0.05) is 30.3 Å². The summed E-state index contributed by atoms with van der Waals surface area (Å²) in [7, 11) is 0. The van der Waals surface area contributed by atoms with Crippen LogP contribution < -0.4 is 5.32 Å². The molecule has 0 radical (unpaired) electrons. The zero-order chi connectivity index (χ0) is 16.7. The topological polar surface area (TPSA) is 75.6 Å². The highest BCUT2D eigenvalue weighted by Crippen LogP contribution is 2.28. The number of amides is 1. The molecule has 0 aliphatic heterocycles. The van der Waals surface area contributed by atoms with Crippen LogP contribution in [0.25, 0.3) is 0 Å². The smallest absolute Gasteiger partial charge is 0.306 e. The van der Waals surface area contributed by atoms with Gasteiger partial charge in [-0.15, -0.1) is 0 Å². The van der Waals surface area contributed by atoms with Crippen molar-refractivity contribution in [2.24, 2.45) is 5.92 Å². The highest BCUT2D eigenvalue weighted by Gasteiger charge is 2.29. The van der Waals surface area contributed by atoms with Crippen molar-refractivity contribution in [1.82, 2.24) is 5.32 Å². The molecule has 3 unspecified atom stereocenters. The molecule has 2 rings (SSSR count). The molecule has 1 aromatic rings. The molecule has 5 heteroatoms. The molecule has 3 atom stereocenters. The van der Waals surface area contributed by atoms with Crippen LogP contribution in [0.1, 0.15) is 44.6 Å². The number of rotatable bonds is 6. The predicted molar refractivity (Wildman–Crippen MR) is 86.4 cm³/mol. The van der Waals surface area contributed by atoms with E-state index in [1.165, 1.54) is 6.92 Å². The third-order valence-electron chi connectivity index (χ3n) is 4.31. The van der Waals surface area contributed by atoms with Crippen LogP contribution in [0.5, 0.6) is 0 Å². The molecular formula is C18H25NO4. The molecule has 126 valence electrons. The van der Waals surface area contributed by atoms with Crippen molar-refractivity contribution in [1.29, 1.82) is 0 Å². The van der Waals surface area contributed by atoms with Gasteiger partial charge in [0.25, 0.3) is 0 Å². The number of carbonyl (C=O) groups excluding carboxylic acids is 2. The van der Waals surface area contributed by atoms with Crippen LogP contribution in [0.4, 0.5) is 0 Å². The molecule has 1 amide bonds. The van der Waals surface area contributed by atoms with Crippen LogP contribution in [0.3, 0.4) is 0 Å². The molecule has 0 spiro atoms. The summed E-state index contributed by atoms with van der Waals surface area (Å²) >= 11 is 0. The van der Waals surface area contributed by atoms with Crippen LogP contribution in [-0.4, -0.2) is 29.1 Å². The van der Waals surface area contributed by atoms with Crippen molar-refractivity contribution >= 4 is 11.9 Å². The highest BCUT2D eigenvalue weighted by molar-refractivity contribution is 5.73. The summed E-state index contributed by atoms with van der Waals surface area (Å²) in [6.45, 7) is 1.76. The average Bonchev–Trinajstić information content (AvgIpc) is 2.54. The minimum absolute atomic E-state index is 0.128. The van der Waals surface area contributed by atoms with Crippen molar-refractivity contribution in [3.63, 3.8) is 0 Å². The van der Waals surface area contributed by atoms with E-state index in [4.69, 9.17) is 4.74 Å². The fourth-order valence-electron chi connectivity index (χ4n) is 3.05. The molecule has 1 aliphatic rings. The van der Waals surface area contributed by atoms with E-state index in [9.17, 15) is 14.7 Å². The number of benzene rings is 1. The second-order valence-corrected chi connectivity index (χ2v) is 6.24. The number of aliphatic hydroxyl groups is 1. The van der Waals surface area contributed by atoms with Gasteiger partial charge in [-0.3, -0.25) is 9.59 Å². The van der Waals surface area contributed by atoms with E-state index >= 15 is 0 Å². The van der Waals surface area contributed by atoms with E-state index < -0.39 is 6.10 Å². The zero-order valence-electron chi connectivity index (χ0n) is 13.5. The van der Waals surface area contributed by atoms with E-state index in [0.29, 0.717) is 31.8 Å². The van der Waals surface area contributed by atoms with Crippen molar-refractivity contribution in [2.75, 3.05) is 0 Å². The SMILES string of the molecule is CC(=O)NC1CC(CCC(=O)OCc2ccccc2)CCC1O. The van der Waals surface area contributed by atoms with Gasteiger partial charge >= 0.3 is 5.97 Å². The van der Waals surface area contributed by atoms with Gasteiger partial charge in [-0.25, -0.2) is 0 Å². The van der Waals surface area contributed by atoms with Gasteiger partial charge < -0.3 is 15.2 Å². The van der Waals surface area contributed by atoms with Crippen LogP contribution in [-0.2, 0) is 20.9 Å². The quantitative estimate of drug-likeness (QED) is 0.788. The molecule has 1 aliphatic carbocycles. The minimum Gasteiger partial charge on any atom is -0.461 e. The number of esters is 1. The molecule has 23 heavy (non-hydrogen) atoms. The molecule has 0 saturated heterocycles. The van der Waals surface area contributed by atoms with Gasteiger partial charge in [0.05, 0.1) is 12.1 Å². The summed E-state index contributed by atoms with van der Waals surface area (Å²) in [5, 5.41) is 12.7. The third-order valence-corrected chi connectivity index (χ3v) is 4.31. The number of ether oxygens (including phenoxy) is 1. The van der Waals surface area contributed by atoms with Crippen LogP contribution in [0, 0.1) is 5.92 Å². The van der Waals surface area contributed by atoms with Gasteiger partial charge in [0.15, 0.2) is 0 Å². The summed E-state index contributed by atoms with van der Waals surface area (Å²) in [4.78, 5) is 23.0. The summed E-state index contributed by atoms with van der Waals surface area (Å²) in [6, 6.07) is 9.40. The maximum absolute atomic E-state index is 11.8. The standard InChI is InChI=1S/C18H25NO4/c1-13(20)19-16-11-14(7-9-17(16)21)8-10-18(22)23-12-15-5-3-2-4-6-15/h2-6,14,16-17,21H,7-12H2,1H3,(H,19,20). The van der Waals surface area contributed by atoms with E-state index in [-0.39, 0.29) is 17.9 Å². The maximum atomic E-state index is 11.8. The lowest BCUT2D eigenvalue weighted by atomic mass is 9.81. The molecule has 1 saturated carbocycles. The first-order valence-electron chi connectivity index (χ1n) is 8.19. The number of carbonyl (C=O) groups is 2. The Bertz CT molecular complexity index is 517. The minimum atomic E-state index is -0.486. The molecule has 2 N–H and O–H groups in total. The van der Waals surface area contributed by atoms with Gasteiger partial charge in [-0.05, 0) is 37.2 Å². The van der Waals surface area contributed by atoms with E-state index in [1.54, 1.807) is 0 Å². The Morgan fingerprint density at radius 1 is 1.26 bits per heavy atom. The van der Waals surface area contributed by atoms with Crippen molar-refractivity contribution in [3.05, 3.63) is 35.9 Å².